The van der Waals surface area contributed by atoms with Gasteiger partial charge in [0.1, 0.15) is 0 Å². The molecule has 1 saturated carbocycles. The van der Waals surface area contributed by atoms with Crippen LogP contribution in [0.1, 0.15) is 32.6 Å². The maximum absolute atomic E-state index is 5.73. The van der Waals surface area contributed by atoms with Gasteiger partial charge in [-0.2, -0.15) is 0 Å². The van der Waals surface area contributed by atoms with E-state index in [0.29, 0.717) is 5.41 Å². The fourth-order valence-electron chi connectivity index (χ4n) is 3.05. The van der Waals surface area contributed by atoms with E-state index in [4.69, 9.17) is 4.74 Å². The standard InChI is InChI=1S/C16H33N3O/c1-4-19(10-5-9-18(2)3)13-16(8-11-20-14-16)12-17-15-6-7-15/h15,17H,4-14H2,1-3H3. The second kappa shape index (κ2) is 7.74. The molecule has 1 aliphatic heterocycles. The van der Waals surface area contributed by atoms with Crippen LogP contribution >= 0.6 is 0 Å². The SMILES string of the molecule is CCN(CCCN(C)C)CC1(CNC2CC2)CCOC1. The first kappa shape index (κ1) is 16.2. The van der Waals surface area contributed by atoms with E-state index < -0.39 is 0 Å². The van der Waals surface area contributed by atoms with Crippen LogP contribution in [-0.2, 0) is 4.74 Å². The van der Waals surface area contributed by atoms with E-state index in [9.17, 15) is 0 Å². The van der Waals surface area contributed by atoms with Crippen molar-refractivity contribution < 1.29 is 4.74 Å². The maximum Gasteiger partial charge on any atom is 0.0547 e. The van der Waals surface area contributed by atoms with E-state index in [1.807, 2.05) is 0 Å². The Morgan fingerprint density at radius 2 is 2.05 bits per heavy atom. The molecular weight excluding hydrogens is 250 g/mol. The lowest BCUT2D eigenvalue weighted by Crippen LogP contribution is -2.45. The molecule has 4 nitrogen and oxygen atoms in total. The largest absolute Gasteiger partial charge is 0.381 e. The molecule has 0 amide bonds. The molecular formula is C16H33N3O. The Labute approximate surface area is 124 Å². The summed E-state index contributed by atoms with van der Waals surface area (Å²) in [5, 5.41) is 3.73. The smallest absolute Gasteiger partial charge is 0.0547 e. The van der Waals surface area contributed by atoms with E-state index in [1.165, 1.54) is 45.3 Å². The Balaban J connectivity index is 1.77. The highest BCUT2D eigenvalue weighted by molar-refractivity contribution is 4.92. The fourth-order valence-corrected chi connectivity index (χ4v) is 3.05. The predicted molar refractivity (Wildman–Crippen MR) is 84.2 cm³/mol. The van der Waals surface area contributed by atoms with Crippen LogP contribution in [0.5, 0.6) is 0 Å². The van der Waals surface area contributed by atoms with Crippen molar-refractivity contribution in [1.29, 1.82) is 0 Å². The minimum atomic E-state index is 0.358. The highest BCUT2D eigenvalue weighted by Crippen LogP contribution is 2.31. The van der Waals surface area contributed by atoms with Crippen LogP contribution < -0.4 is 5.32 Å². The van der Waals surface area contributed by atoms with Gasteiger partial charge in [-0.1, -0.05) is 6.92 Å². The first-order valence-electron chi connectivity index (χ1n) is 8.32. The van der Waals surface area contributed by atoms with E-state index in [2.05, 4.69) is 36.1 Å². The second-order valence-electron chi connectivity index (χ2n) is 6.98. The van der Waals surface area contributed by atoms with Crippen molar-refractivity contribution in [1.82, 2.24) is 15.1 Å². The number of ether oxygens (including phenoxy) is 1. The molecule has 1 heterocycles. The molecule has 2 aliphatic rings. The Morgan fingerprint density at radius 1 is 1.25 bits per heavy atom. The zero-order valence-corrected chi connectivity index (χ0v) is 13.7. The van der Waals surface area contributed by atoms with Crippen molar-refractivity contribution in [3.05, 3.63) is 0 Å². The maximum atomic E-state index is 5.73. The van der Waals surface area contributed by atoms with E-state index >= 15 is 0 Å². The first-order chi connectivity index (χ1) is 9.63. The van der Waals surface area contributed by atoms with Crippen molar-refractivity contribution in [2.45, 2.75) is 38.6 Å². The molecule has 0 bridgehead atoms. The molecule has 0 radical (unpaired) electrons. The van der Waals surface area contributed by atoms with Crippen molar-refractivity contribution in [3.63, 3.8) is 0 Å². The lowest BCUT2D eigenvalue weighted by atomic mass is 9.86. The van der Waals surface area contributed by atoms with Crippen LogP contribution in [0.2, 0.25) is 0 Å². The topological polar surface area (TPSA) is 27.7 Å². The molecule has 1 saturated heterocycles. The molecule has 20 heavy (non-hydrogen) atoms. The summed E-state index contributed by atoms with van der Waals surface area (Å²) >= 11 is 0. The van der Waals surface area contributed by atoms with Crippen molar-refractivity contribution in [3.8, 4) is 0 Å². The molecule has 0 aromatic heterocycles. The lowest BCUT2D eigenvalue weighted by molar-refractivity contribution is 0.108. The Bertz CT molecular complexity index is 273. The Hall–Kier alpha value is -0.160. The molecule has 1 unspecified atom stereocenters. The summed E-state index contributed by atoms with van der Waals surface area (Å²) in [6.45, 7) is 10.0. The summed E-state index contributed by atoms with van der Waals surface area (Å²) in [5.74, 6) is 0. The molecule has 1 N–H and O–H groups in total. The molecule has 2 fully saturated rings. The van der Waals surface area contributed by atoms with Gasteiger partial charge in [0, 0.05) is 31.2 Å². The highest BCUT2D eigenvalue weighted by Gasteiger charge is 2.37. The number of hydrogen-bond donors (Lipinski definition) is 1. The summed E-state index contributed by atoms with van der Waals surface area (Å²) in [6.07, 6.45) is 5.22. The van der Waals surface area contributed by atoms with Gasteiger partial charge in [0.05, 0.1) is 6.61 Å². The summed E-state index contributed by atoms with van der Waals surface area (Å²) < 4.78 is 5.73. The molecule has 0 aromatic carbocycles. The van der Waals surface area contributed by atoms with Crippen LogP contribution in [0.15, 0.2) is 0 Å². The number of nitrogens with zero attached hydrogens (tertiary/aromatic N) is 2. The Kier molecular flexibility index (Phi) is 6.27. The molecule has 4 heteroatoms. The average Bonchev–Trinajstić information content (AvgIpc) is 3.15. The van der Waals surface area contributed by atoms with Gasteiger partial charge in [0.2, 0.25) is 0 Å². The highest BCUT2D eigenvalue weighted by atomic mass is 16.5. The van der Waals surface area contributed by atoms with Gasteiger partial charge in [-0.05, 0) is 59.4 Å². The zero-order chi connectivity index (χ0) is 14.4. The van der Waals surface area contributed by atoms with Crippen molar-refractivity contribution in [2.75, 3.05) is 60.0 Å². The normalized spacial score (nSPS) is 26.9. The van der Waals surface area contributed by atoms with Crippen LogP contribution in [-0.4, -0.2) is 75.9 Å². The molecule has 1 aliphatic carbocycles. The average molecular weight is 283 g/mol. The van der Waals surface area contributed by atoms with Gasteiger partial charge in [0.25, 0.3) is 0 Å². The molecule has 0 spiro atoms. The van der Waals surface area contributed by atoms with Crippen LogP contribution in [0.3, 0.4) is 0 Å². The van der Waals surface area contributed by atoms with Crippen molar-refractivity contribution >= 4 is 0 Å². The molecule has 118 valence electrons. The van der Waals surface area contributed by atoms with Crippen molar-refractivity contribution in [2.24, 2.45) is 5.41 Å². The summed E-state index contributed by atoms with van der Waals surface area (Å²) in [4.78, 5) is 4.89. The quantitative estimate of drug-likeness (QED) is 0.656. The van der Waals surface area contributed by atoms with Gasteiger partial charge in [-0.15, -0.1) is 0 Å². The number of nitrogens with one attached hydrogen (secondary N) is 1. The third kappa shape index (κ3) is 5.32. The minimum Gasteiger partial charge on any atom is -0.381 e. The summed E-state index contributed by atoms with van der Waals surface area (Å²) in [7, 11) is 4.31. The van der Waals surface area contributed by atoms with Gasteiger partial charge in [-0.3, -0.25) is 0 Å². The van der Waals surface area contributed by atoms with E-state index in [1.54, 1.807) is 0 Å². The lowest BCUT2D eigenvalue weighted by Gasteiger charge is -2.34. The summed E-state index contributed by atoms with van der Waals surface area (Å²) in [6, 6.07) is 0.802. The first-order valence-corrected chi connectivity index (χ1v) is 8.32. The molecule has 0 aromatic rings. The van der Waals surface area contributed by atoms with Gasteiger partial charge >= 0.3 is 0 Å². The van der Waals surface area contributed by atoms with E-state index in [0.717, 1.165) is 32.3 Å². The second-order valence-corrected chi connectivity index (χ2v) is 6.98. The van der Waals surface area contributed by atoms with Gasteiger partial charge in [0.15, 0.2) is 0 Å². The minimum absolute atomic E-state index is 0.358. The van der Waals surface area contributed by atoms with Crippen LogP contribution in [0, 0.1) is 5.41 Å². The van der Waals surface area contributed by atoms with E-state index in [-0.39, 0.29) is 0 Å². The number of rotatable bonds is 10. The van der Waals surface area contributed by atoms with Gasteiger partial charge < -0.3 is 19.9 Å². The molecule has 2 rings (SSSR count). The van der Waals surface area contributed by atoms with Crippen LogP contribution in [0.4, 0.5) is 0 Å². The summed E-state index contributed by atoms with van der Waals surface area (Å²) in [5.41, 5.74) is 0.358. The third-order valence-electron chi connectivity index (χ3n) is 4.61. The van der Waals surface area contributed by atoms with Crippen LogP contribution in [0.25, 0.3) is 0 Å². The predicted octanol–water partition coefficient (Wildman–Crippen LogP) is 1.42. The molecule has 1 atom stereocenters. The Morgan fingerprint density at radius 3 is 2.60 bits per heavy atom. The third-order valence-corrected chi connectivity index (χ3v) is 4.61. The zero-order valence-electron chi connectivity index (χ0n) is 13.7. The fraction of sp³-hybridized carbons (Fsp3) is 1.00. The van der Waals surface area contributed by atoms with Gasteiger partial charge in [-0.25, -0.2) is 0 Å². The monoisotopic (exact) mass is 283 g/mol. The number of hydrogen-bond acceptors (Lipinski definition) is 4.